The highest BCUT2D eigenvalue weighted by Gasteiger charge is 2.40. The van der Waals surface area contributed by atoms with Crippen molar-refractivity contribution in [2.24, 2.45) is 10.9 Å². The number of anilines is 1. The first-order valence-electron chi connectivity index (χ1n) is 14.4. The molecule has 228 valence electrons. The van der Waals surface area contributed by atoms with Crippen molar-refractivity contribution < 1.29 is 4.79 Å². The smallest absolute Gasteiger partial charge is 0.161 e. The molecule has 0 saturated heterocycles. The summed E-state index contributed by atoms with van der Waals surface area (Å²) in [5.74, 6) is 6.12. The van der Waals surface area contributed by atoms with Crippen molar-refractivity contribution in [3.8, 4) is 0 Å². The Morgan fingerprint density at radius 3 is 2.10 bits per heavy atom. The van der Waals surface area contributed by atoms with Gasteiger partial charge in [0.2, 0.25) is 0 Å². The Bertz CT molecular complexity index is 1330. The topological polar surface area (TPSA) is 131 Å². The number of nitrogens with one attached hydrogen (secondary N) is 1. The third kappa shape index (κ3) is 8.83. The molecular weight excluding hydrogens is 544 g/mol. The number of aryl methyl sites for hydroxylation is 2. The Labute approximate surface area is 258 Å². The highest BCUT2D eigenvalue weighted by molar-refractivity contribution is 6.30. The van der Waals surface area contributed by atoms with Gasteiger partial charge in [-0.15, -0.1) is 0 Å². The molecule has 0 spiro atoms. The van der Waals surface area contributed by atoms with Crippen LogP contribution in [0.25, 0.3) is 5.57 Å². The van der Waals surface area contributed by atoms with E-state index >= 15 is 0 Å². The normalized spacial score (nSPS) is 11.8. The van der Waals surface area contributed by atoms with Crippen molar-refractivity contribution in [3.63, 3.8) is 0 Å². The van der Waals surface area contributed by atoms with Crippen LogP contribution in [0.15, 0.2) is 54.1 Å². The Hall–Kier alpha value is -3.84. The highest BCUT2D eigenvalue weighted by atomic mass is 35.5. The van der Waals surface area contributed by atoms with Crippen LogP contribution in [0, 0.1) is 12.3 Å². The summed E-state index contributed by atoms with van der Waals surface area (Å²) in [6, 6.07) is 13.6. The molecule has 0 aliphatic carbocycles. The zero-order chi connectivity index (χ0) is 32.6. The number of nitrogens with zero attached hydrogens (tertiary/aromatic N) is 3. The molecule has 5 N–H and O–H groups in total. The molecule has 0 amide bonds. The number of hydrazone groups is 1. The first-order valence-corrected chi connectivity index (χ1v) is 14.8. The van der Waals surface area contributed by atoms with E-state index in [1.54, 1.807) is 0 Å². The predicted molar refractivity (Wildman–Crippen MR) is 182 cm³/mol. The summed E-state index contributed by atoms with van der Waals surface area (Å²) in [6.07, 6.45) is 1.77. The zero-order valence-electron chi connectivity index (χ0n) is 26.9. The monoisotopic (exact) mass is 592 g/mol. The minimum Gasteiger partial charge on any atom is -0.383 e. The Kier molecular flexibility index (Phi) is 16.9. The van der Waals surface area contributed by atoms with E-state index in [-0.39, 0.29) is 11.6 Å². The lowest BCUT2D eigenvalue weighted by molar-refractivity contribution is -0.122. The van der Waals surface area contributed by atoms with E-state index in [0.29, 0.717) is 40.5 Å². The van der Waals surface area contributed by atoms with Crippen LogP contribution in [0.2, 0.25) is 5.02 Å². The molecule has 1 unspecified atom stereocenters. The zero-order valence-corrected chi connectivity index (χ0v) is 27.6. The van der Waals surface area contributed by atoms with E-state index in [1.165, 1.54) is 0 Å². The van der Waals surface area contributed by atoms with Crippen LogP contribution in [0.4, 0.5) is 5.82 Å². The number of rotatable bonds is 9. The van der Waals surface area contributed by atoms with Crippen molar-refractivity contribution in [1.82, 2.24) is 9.97 Å². The standard InChI is InChI=1S/C29H34ClN5O.2C2H6.CH3N/c1-7-21-16-23(30)13-14-24(21)18(4)28-33-19(5)26(27(31)34-28)29(6,25(36)8-2)22-11-9-20(10-12-22)15-17(3)35-32;3*1-2/h9-14,16H,4,7-8,15,32H2,1-3,5-6H3,(H2,31,33,34);2*1-2H3;2H,1H2/b35-17+;;;. The molecule has 3 rings (SSSR count). The number of aromatic nitrogens is 2. The number of carbonyl (C=O) groups is 1. The number of nitrogen functional groups attached to an aromatic ring is 1. The van der Waals surface area contributed by atoms with Crippen LogP contribution in [0.5, 0.6) is 0 Å². The van der Waals surface area contributed by atoms with E-state index in [4.69, 9.17) is 33.6 Å². The van der Waals surface area contributed by atoms with Gasteiger partial charge in [-0.05, 0) is 68.3 Å². The number of benzene rings is 2. The van der Waals surface area contributed by atoms with Gasteiger partial charge >= 0.3 is 0 Å². The van der Waals surface area contributed by atoms with Crippen LogP contribution in [0.3, 0.4) is 0 Å². The van der Waals surface area contributed by atoms with E-state index in [0.717, 1.165) is 34.4 Å². The van der Waals surface area contributed by atoms with Crippen molar-refractivity contribution in [3.05, 3.63) is 93.4 Å². The highest BCUT2D eigenvalue weighted by Crippen LogP contribution is 2.39. The van der Waals surface area contributed by atoms with Gasteiger partial charge in [0.15, 0.2) is 5.82 Å². The Morgan fingerprint density at radius 2 is 1.62 bits per heavy atom. The second-order valence-corrected chi connectivity index (χ2v) is 9.60. The third-order valence-electron chi connectivity index (χ3n) is 6.75. The van der Waals surface area contributed by atoms with E-state index in [2.05, 4.69) is 30.3 Å². The van der Waals surface area contributed by atoms with Crippen molar-refractivity contribution in [1.29, 1.82) is 5.41 Å². The fraction of sp³-hybridized carbons (Fsp3) is 0.382. The lowest BCUT2D eigenvalue weighted by Crippen LogP contribution is -2.36. The average molecular weight is 593 g/mol. The van der Waals surface area contributed by atoms with Crippen molar-refractivity contribution in [2.45, 2.75) is 87.0 Å². The van der Waals surface area contributed by atoms with Gasteiger partial charge in [0.1, 0.15) is 11.6 Å². The molecule has 0 radical (unpaired) electrons. The summed E-state index contributed by atoms with van der Waals surface area (Å²) in [5.41, 5.74) is 12.2. The summed E-state index contributed by atoms with van der Waals surface area (Å²) < 4.78 is 0. The van der Waals surface area contributed by atoms with Gasteiger partial charge in [-0.2, -0.15) is 5.10 Å². The van der Waals surface area contributed by atoms with Gasteiger partial charge in [0, 0.05) is 40.4 Å². The Morgan fingerprint density at radius 1 is 1.05 bits per heavy atom. The molecule has 0 bridgehead atoms. The molecule has 0 aliphatic rings. The number of Topliss-reactive ketones (excluding diaryl/α,β-unsaturated/α-hetero) is 1. The van der Waals surface area contributed by atoms with E-state index < -0.39 is 5.41 Å². The molecule has 0 aliphatic heterocycles. The maximum atomic E-state index is 13.4. The number of ketones is 1. The van der Waals surface area contributed by atoms with E-state index in [9.17, 15) is 4.79 Å². The van der Waals surface area contributed by atoms with Gasteiger partial charge < -0.3 is 17.0 Å². The summed E-state index contributed by atoms with van der Waals surface area (Å²) in [7, 11) is 0. The molecule has 0 fully saturated rings. The summed E-state index contributed by atoms with van der Waals surface area (Å²) in [6.45, 7) is 24.3. The molecule has 0 saturated carbocycles. The van der Waals surface area contributed by atoms with Crippen LogP contribution in [-0.2, 0) is 23.1 Å². The number of carbonyl (C=O) groups excluding carboxylic acids is 1. The summed E-state index contributed by atoms with van der Waals surface area (Å²) >= 11 is 6.19. The minimum absolute atomic E-state index is 0.0332. The van der Waals surface area contributed by atoms with Gasteiger partial charge in [-0.3, -0.25) is 4.79 Å². The molecule has 2 aromatic carbocycles. The van der Waals surface area contributed by atoms with Gasteiger partial charge in [-0.1, -0.05) is 90.1 Å². The van der Waals surface area contributed by atoms with Crippen molar-refractivity contribution in [2.75, 3.05) is 5.73 Å². The first kappa shape index (κ1) is 38.2. The molecule has 7 nitrogen and oxygen atoms in total. The van der Waals surface area contributed by atoms with Crippen LogP contribution >= 0.6 is 11.6 Å². The second kappa shape index (κ2) is 18.6. The summed E-state index contributed by atoms with van der Waals surface area (Å²) in [5, 5.41) is 9.91. The molecule has 42 heavy (non-hydrogen) atoms. The first-order chi connectivity index (χ1) is 20.1. The van der Waals surface area contributed by atoms with Crippen LogP contribution in [0.1, 0.15) is 101 Å². The number of hydrogen-bond acceptors (Lipinski definition) is 7. The average Bonchev–Trinajstić information content (AvgIpc) is 3.02. The maximum absolute atomic E-state index is 13.4. The molecule has 8 heteroatoms. The Balaban J connectivity index is 0.00000263. The van der Waals surface area contributed by atoms with Crippen molar-refractivity contribution >= 4 is 41.2 Å². The quantitative estimate of drug-likeness (QED) is 0.131. The molecule has 1 atom stereocenters. The molecule has 1 aromatic heterocycles. The predicted octanol–water partition coefficient (Wildman–Crippen LogP) is 8.12. The van der Waals surface area contributed by atoms with Crippen LogP contribution < -0.4 is 11.6 Å². The molecular formula is C34H49ClN6O. The van der Waals surface area contributed by atoms with Gasteiger partial charge in [0.25, 0.3) is 0 Å². The SMILES string of the molecule is C=C(c1nc(C)c(C(C)(C(=O)CC)c2ccc(C/C(C)=N/N)cc2)c(N)n1)c1ccc(Cl)cc1CC.C=N.CC.CC. The largest absolute Gasteiger partial charge is 0.383 e. The molecule has 3 aromatic rings. The second-order valence-electron chi connectivity index (χ2n) is 9.17. The minimum atomic E-state index is -1.01. The van der Waals surface area contributed by atoms with Crippen LogP contribution in [-0.4, -0.2) is 28.2 Å². The lowest BCUT2D eigenvalue weighted by atomic mass is 9.71. The fourth-order valence-corrected chi connectivity index (χ4v) is 4.91. The van der Waals surface area contributed by atoms with Gasteiger partial charge in [0.05, 0.1) is 5.41 Å². The number of nitrogens with two attached hydrogens (primary N) is 2. The maximum Gasteiger partial charge on any atom is 0.161 e. The number of halogens is 1. The lowest BCUT2D eigenvalue weighted by Gasteiger charge is -2.31. The third-order valence-corrected chi connectivity index (χ3v) is 6.99. The number of hydrogen-bond donors (Lipinski definition) is 3. The summed E-state index contributed by atoms with van der Waals surface area (Å²) in [4.78, 5) is 22.8. The van der Waals surface area contributed by atoms with Gasteiger partial charge in [-0.25, -0.2) is 9.97 Å². The molecule has 1 heterocycles. The fourth-order valence-electron chi connectivity index (χ4n) is 4.71. The van der Waals surface area contributed by atoms with E-state index in [1.807, 2.05) is 97.9 Å².